The Morgan fingerprint density at radius 2 is 2.00 bits per heavy atom. The fraction of sp³-hybridized carbons (Fsp3) is 0.500. The van der Waals surface area contributed by atoms with Crippen molar-refractivity contribution >= 4 is 0 Å². The smallest absolute Gasteiger partial charge is 0.145 e. The van der Waals surface area contributed by atoms with E-state index in [0.29, 0.717) is 12.6 Å². The lowest BCUT2D eigenvalue weighted by atomic mass is 10.1. The van der Waals surface area contributed by atoms with Crippen LogP contribution in [0.15, 0.2) is 36.5 Å². The highest BCUT2D eigenvalue weighted by Crippen LogP contribution is 2.31. The summed E-state index contributed by atoms with van der Waals surface area (Å²) in [5.41, 5.74) is 2.39. The Morgan fingerprint density at radius 1 is 1.20 bits per heavy atom. The highest BCUT2D eigenvalue weighted by atomic mass is 16.5. The van der Waals surface area contributed by atoms with Crippen LogP contribution in [0.3, 0.4) is 0 Å². The molecule has 0 aliphatic carbocycles. The van der Waals surface area contributed by atoms with E-state index in [9.17, 15) is 0 Å². The topological polar surface area (TPSA) is 41.5 Å². The van der Waals surface area contributed by atoms with Crippen LogP contribution in [0.5, 0.6) is 5.75 Å². The predicted octanol–water partition coefficient (Wildman–Crippen LogP) is 3.27. The van der Waals surface area contributed by atoms with Crippen LogP contribution in [0.4, 0.5) is 0 Å². The Labute approximate surface area is 150 Å². The molecule has 2 heterocycles. The van der Waals surface area contributed by atoms with E-state index < -0.39 is 0 Å². The molecule has 0 spiro atoms. The van der Waals surface area contributed by atoms with Crippen LogP contribution in [0.25, 0.3) is 0 Å². The molecule has 1 aromatic carbocycles. The number of hydrogen-bond acceptors (Lipinski definition) is 5. The zero-order valence-electron chi connectivity index (χ0n) is 15.5. The molecule has 1 aliphatic heterocycles. The molecule has 0 N–H and O–H groups in total. The van der Waals surface area contributed by atoms with Crippen molar-refractivity contribution in [3.05, 3.63) is 53.6 Å². The molecule has 2 aromatic rings. The summed E-state index contributed by atoms with van der Waals surface area (Å²) in [7, 11) is 4.13. The highest BCUT2D eigenvalue weighted by Gasteiger charge is 2.28. The number of likely N-dealkylation sites (tertiary alicyclic amines) is 1. The van der Waals surface area contributed by atoms with E-state index in [1.807, 2.05) is 19.2 Å². The van der Waals surface area contributed by atoms with Gasteiger partial charge in [0.25, 0.3) is 0 Å². The summed E-state index contributed by atoms with van der Waals surface area (Å²) < 4.78 is 5.53. The van der Waals surface area contributed by atoms with Crippen molar-refractivity contribution < 1.29 is 4.74 Å². The Kier molecular flexibility index (Phi) is 6.00. The first kappa shape index (κ1) is 17.8. The zero-order chi connectivity index (χ0) is 17.6. The molecular weight excluding hydrogens is 312 g/mol. The minimum absolute atomic E-state index is 0.314. The molecule has 0 unspecified atom stereocenters. The van der Waals surface area contributed by atoms with Crippen molar-refractivity contribution in [1.29, 1.82) is 0 Å². The minimum atomic E-state index is 0.314. The van der Waals surface area contributed by atoms with Crippen LogP contribution in [-0.4, -0.2) is 47.0 Å². The standard InChI is InChI=1S/C20H28N4O/c1-4-25-18-9-7-16(8-10-18)14-24-13-5-6-19(24)20-21-12-11-17(22-20)15-23(2)3/h7-12,19H,4-6,13-15H2,1-3H3/t19-/m1/s1. The molecule has 1 saturated heterocycles. The van der Waals surface area contributed by atoms with Gasteiger partial charge in [-0.25, -0.2) is 9.97 Å². The van der Waals surface area contributed by atoms with Gasteiger partial charge in [-0.3, -0.25) is 4.90 Å². The van der Waals surface area contributed by atoms with Crippen molar-refractivity contribution in [2.45, 2.75) is 38.9 Å². The number of aromatic nitrogens is 2. The highest BCUT2D eigenvalue weighted by molar-refractivity contribution is 5.27. The number of nitrogens with zero attached hydrogens (tertiary/aromatic N) is 4. The minimum Gasteiger partial charge on any atom is -0.494 e. The maximum atomic E-state index is 5.53. The molecule has 1 aromatic heterocycles. The third kappa shape index (κ3) is 4.77. The summed E-state index contributed by atoms with van der Waals surface area (Å²) in [6.07, 6.45) is 4.22. The Balaban J connectivity index is 1.70. The van der Waals surface area contributed by atoms with Crippen LogP contribution in [0.1, 0.15) is 42.9 Å². The molecule has 1 fully saturated rings. The maximum absolute atomic E-state index is 5.53. The van der Waals surface area contributed by atoms with E-state index in [1.165, 1.54) is 12.0 Å². The van der Waals surface area contributed by atoms with Gasteiger partial charge < -0.3 is 9.64 Å². The Morgan fingerprint density at radius 3 is 2.72 bits per heavy atom. The number of hydrogen-bond donors (Lipinski definition) is 0. The summed E-state index contributed by atoms with van der Waals surface area (Å²) in [6.45, 7) is 5.58. The van der Waals surface area contributed by atoms with Gasteiger partial charge in [0.15, 0.2) is 0 Å². The summed E-state index contributed by atoms with van der Waals surface area (Å²) in [5, 5.41) is 0. The second kappa shape index (κ2) is 8.41. The molecule has 0 bridgehead atoms. The average Bonchev–Trinajstić information content (AvgIpc) is 3.05. The van der Waals surface area contributed by atoms with Crippen LogP contribution in [0, 0.1) is 0 Å². The molecular formula is C20H28N4O. The lowest BCUT2D eigenvalue weighted by Crippen LogP contribution is -2.25. The summed E-state index contributed by atoms with van der Waals surface area (Å²) >= 11 is 0. The first-order valence-electron chi connectivity index (χ1n) is 9.08. The van der Waals surface area contributed by atoms with Gasteiger partial charge >= 0.3 is 0 Å². The molecule has 1 aliphatic rings. The molecule has 0 radical (unpaired) electrons. The molecule has 0 saturated carbocycles. The monoisotopic (exact) mass is 340 g/mol. The second-order valence-electron chi connectivity index (χ2n) is 6.85. The van der Waals surface area contributed by atoms with Gasteiger partial charge in [-0.1, -0.05) is 12.1 Å². The maximum Gasteiger partial charge on any atom is 0.145 e. The first-order chi connectivity index (χ1) is 12.2. The van der Waals surface area contributed by atoms with Crippen LogP contribution < -0.4 is 4.74 Å². The van der Waals surface area contributed by atoms with E-state index in [4.69, 9.17) is 9.72 Å². The SMILES string of the molecule is CCOc1ccc(CN2CCC[C@@H]2c2nccc(CN(C)C)n2)cc1. The van der Waals surface area contributed by atoms with Gasteiger partial charge in [-0.05, 0) is 64.2 Å². The van der Waals surface area contributed by atoms with Crippen molar-refractivity contribution in [1.82, 2.24) is 19.8 Å². The fourth-order valence-corrected chi connectivity index (χ4v) is 3.39. The average molecular weight is 340 g/mol. The van der Waals surface area contributed by atoms with Crippen molar-refractivity contribution in [3.63, 3.8) is 0 Å². The lowest BCUT2D eigenvalue weighted by molar-refractivity contribution is 0.239. The van der Waals surface area contributed by atoms with Gasteiger partial charge in [-0.2, -0.15) is 0 Å². The van der Waals surface area contributed by atoms with Gasteiger partial charge in [-0.15, -0.1) is 0 Å². The van der Waals surface area contributed by atoms with Crippen LogP contribution >= 0.6 is 0 Å². The first-order valence-corrected chi connectivity index (χ1v) is 9.08. The molecule has 5 heteroatoms. The largest absolute Gasteiger partial charge is 0.494 e. The van der Waals surface area contributed by atoms with E-state index in [2.05, 4.69) is 53.1 Å². The van der Waals surface area contributed by atoms with Gasteiger partial charge in [0.05, 0.1) is 18.3 Å². The van der Waals surface area contributed by atoms with E-state index in [1.54, 1.807) is 0 Å². The van der Waals surface area contributed by atoms with Crippen molar-refractivity contribution in [2.24, 2.45) is 0 Å². The number of benzene rings is 1. The molecule has 134 valence electrons. The molecule has 0 amide bonds. The predicted molar refractivity (Wildman–Crippen MR) is 99.4 cm³/mol. The Bertz CT molecular complexity index is 672. The van der Waals surface area contributed by atoms with E-state index in [0.717, 1.165) is 43.3 Å². The van der Waals surface area contributed by atoms with Gasteiger partial charge in [0.1, 0.15) is 11.6 Å². The summed E-state index contributed by atoms with van der Waals surface area (Å²) in [6, 6.07) is 10.7. The lowest BCUT2D eigenvalue weighted by Gasteiger charge is -2.24. The summed E-state index contributed by atoms with van der Waals surface area (Å²) in [4.78, 5) is 14.0. The number of rotatable bonds is 7. The quantitative estimate of drug-likeness (QED) is 0.774. The normalized spacial score (nSPS) is 18.0. The van der Waals surface area contributed by atoms with Crippen molar-refractivity contribution in [2.75, 3.05) is 27.2 Å². The molecule has 3 rings (SSSR count). The third-order valence-electron chi connectivity index (χ3n) is 4.49. The van der Waals surface area contributed by atoms with Gasteiger partial charge in [0.2, 0.25) is 0 Å². The molecule has 5 nitrogen and oxygen atoms in total. The van der Waals surface area contributed by atoms with E-state index in [-0.39, 0.29) is 0 Å². The van der Waals surface area contributed by atoms with Crippen LogP contribution in [-0.2, 0) is 13.1 Å². The van der Waals surface area contributed by atoms with E-state index >= 15 is 0 Å². The molecule has 1 atom stereocenters. The van der Waals surface area contributed by atoms with Crippen LogP contribution in [0.2, 0.25) is 0 Å². The van der Waals surface area contributed by atoms with Gasteiger partial charge in [0, 0.05) is 19.3 Å². The second-order valence-corrected chi connectivity index (χ2v) is 6.85. The fourth-order valence-electron chi connectivity index (χ4n) is 3.39. The van der Waals surface area contributed by atoms with Crippen molar-refractivity contribution in [3.8, 4) is 5.75 Å². The zero-order valence-corrected chi connectivity index (χ0v) is 15.5. The number of ether oxygens (including phenoxy) is 1. The molecule has 25 heavy (non-hydrogen) atoms. The third-order valence-corrected chi connectivity index (χ3v) is 4.49. The Hall–Kier alpha value is -1.98. The summed E-state index contributed by atoms with van der Waals surface area (Å²) in [5.74, 6) is 1.90.